The molecule has 1 aromatic carbocycles. The van der Waals surface area contributed by atoms with Crippen molar-refractivity contribution in [2.45, 2.75) is 13.0 Å². The van der Waals surface area contributed by atoms with Crippen LogP contribution >= 0.6 is 0 Å². The molecule has 0 aliphatic carbocycles. The lowest BCUT2D eigenvalue weighted by Crippen LogP contribution is -2.22. The molecule has 0 saturated carbocycles. The van der Waals surface area contributed by atoms with E-state index in [1.807, 2.05) is 10.8 Å². The highest BCUT2D eigenvalue weighted by molar-refractivity contribution is 5.49. The number of benzene rings is 1. The second kappa shape index (κ2) is 8.42. The van der Waals surface area contributed by atoms with Crippen LogP contribution < -0.4 is 15.4 Å². The van der Waals surface area contributed by atoms with Crippen LogP contribution in [0.15, 0.2) is 55.0 Å². The number of aryl methyl sites for hydroxylation is 1. The van der Waals surface area contributed by atoms with Gasteiger partial charge in [0.15, 0.2) is 5.82 Å². The molecule has 0 radical (unpaired) electrons. The topological polar surface area (TPSA) is 94.2 Å². The number of hydrogen-bond acceptors (Lipinski definition) is 6. The number of aromatic nitrogens is 2. The van der Waals surface area contributed by atoms with E-state index >= 15 is 0 Å². The van der Waals surface area contributed by atoms with Crippen LogP contribution in [-0.4, -0.2) is 28.1 Å². The van der Waals surface area contributed by atoms with Gasteiger partial charge in [0.1, 0.15) is 5.75 Å². The molecule has 2 aromatic rings. The first-order valence-corrected chi connectivity index (χ1v) is 7.13. The maximum Gasteiger partial charge on any atom is 0.274 e. The Kier molecular flexibility index (Phi) is 5.98. The van der Waals surface area contributed by atoms with Gasteiger partial charge in [-0.25, -0.2) is 4.98 Å². The van der Waals surface area contributed by atoms with Gasteiger partial charge in [0.25, 0.3) is 6.20 Å². The molecule has 1 heterocycles. The molecule has 2 rings (SSSR count). The van der Waals surface area contributed by atoms with Gasteiger partial charge in [0.05, 0.1) is 18.4 Å². The second-order valence-corrected chi connectivity index (χ2v) is 4.76. The largest absolute Gasteiger partial charge is 0.497 e. The first-order chi connectivity index (χ1) is 11.2. The van der Waals surface area contributed by atoms with Crippen molar-refractivity contribution in [2.24, 2.45) is 0 Å². The molecule has 8 heteroatoms. The van der Waals surface area contributed by atoms with Gasteiger partial charge in [-0.2, -0.15) is 0 Å². The fraction of sp³-hybridized carbons (Fsp3) is 0.267. The highest BCUT2D eigenvalue weighted by Crippen LogP contribution is 2.16. The predicted molar refractivity (Wildman–Crippen MR) is 86.5 cm³/mol. The number of nitrogens with zero attached hydrogens (tertiary/aromatic N) is 3. The van der Waals surface area contributed by atoms with Gasteiger partial charge in [-0.05, 0) is 30.7 Å². The molecule has 0 fully saturated rings. The van der Waals surface area contributed by atoms with E-state index in [2.05, 4.69) is 15.6 Å². The fourth-order valence-corrected chi connectivity index (χ4v) is 1.96. The Hall–Kier alpha value is -3.03. The van der Waals surface area contributed by atoms with Crippen LogP contribution in [0.2, 0.25) is 0 Å². The minimum atomic E-state index is -0.491. The number of nitro groups is 1. The Labute approximate surface area is 133 Å². The zero-order valence-electron chi connectivity index (χ0n) is 12.8. The number of methoxy groups -OCH3 is 1. The summed E-state index contributed by atoms with van der Waals surface area (Å²) in [7, 11) is 1.59. The van der Waals surface area contributed by atoms with E-state index < -0.39 is 4.92 Å². The normalized spacial score (nSPS) is 11.1. The average Bonchev–Trinajstić information content (AvgIpc) is 3.05. The van der Waals surface area contributed by atoms with Gasteiger partial charge in [0, 0.05) is 31.2 Å². The van der Waals surface area contributed by atoms with Gasteiger partial charge in [-0.1, -0.05) is 0 Å². The minimum absolute atomic E-state index is 0.339. The first-order valence-electron chi connectivity index (χ1n) is 7.13. The summed E-state index contributed by atoms with van der Waals surface area (Å²) in [6.07, 6.45) is 7.07. The Morgan fingerprint density at radius 3 is 2.83 bits per heavy atom. The van der Waals surface area contributed by atoms with Gasteiger partial charge in [-0.15, -0.1) is 0 Å². The number of anilines is 1. The second-order valence-electron chi connectivity index (χ2n) is 4.76. The Morgan fingerprint density at radius 1 is 1.43 bits per heavy atom. The number of ether oxygens (including phenoxy) is 1. The highest BCUT2D eigenvalue weighted by atomic mass is 16.6. The van der Waals surface area contributed by atoms with Crippen molar-refractivity contribution < 1.29 is 9.66 Å². The van der Waals surface area contributed by atoms with Crippen LogP contribution in [0, 0.1) is 10.1 Å². The Bertz CT molecular complexity index is 638. The van der Waals surface area contributed by atoms with Crippen LogP contribution in [0.25, 0.3) is 0 Å². The molecule has 23 heavy (non-hydrogen) atoms. The third-order valence-corrected chi connectivity index (χ3v) is 3.07. The lowest BCUT2D eigenvalue weighted by atomic mass is 10.3. The van der Waals surface area contributed by atoms with Crippen molar-refractivity contribution in [1.29, 1.82) is 0 Å². The molecule has 0 aliphatic heterocycles. The van der Waals surface area contributed by atoms with E-state index in [0.29, 0.717) is 12.4 Å². The average molecular weight is 317 g/mol. The monoisotopic (exact) mass is 317 g/mol. The molecule has 0 unspecified atom stereocenters. The van der Waals surface area contributed by atoms with Gasteiger partial charge in [0.2, 0.25) is 0 Å². The lowest BCUT2D eigenvalue weighted by molar-refractivity contribution is -0.403. The molecule has 0 bridgehead atoms. The summed E-state index contributed by atoms with van der Waals surface area (Å²) in [5.41, 5.74) is 0.737. The van der Waals surface area contributed by atoms with Gasteiger partial charge in [-0.3, -0.25) is 10.1 Å². The van der Waals surface area contributed by atoms with Crippen LogP contribution in [0.5, 0.6) is 5.75 Å². The van der Waals surface area contributed by atoms with Crippen molar-refractivity contribution in [3.63, 3.8) is 0 Å². The summed E-state index contributed by atoms with van der Waals surface area (Å²) in [5, 5.41) is 16.8. The summed E-state index contributed by atoms with van der Waals surface area (Å²) in [6, 6.07) is 7.15. The van der Waals surface area contributed by atoms with Crippen LogP contribution in [0.1, 0.15) is 6.42 Å². The minimum Gasteiger partial charge on any atom is -0.497 e. The third kappa shape index (κ3) is 5.70. The standard InChI is InChI=1S/C15H19N5O3/c1-23-14-5-3-13(4-6-14)18-15(11-20(21)22)17-7-2-9-19-10-8-16-12-19/h3-6,8,10-12,17-18H,2,7,9H2,1H3. The Morgan fingerprint density at radius 2 is 2.22 bits per heavy atom. The van der Waals surface area contributed by atoms with Gasteiger partial charge < -0.3 is 19.9 Å². The van der Waals surface area contributed by atoms with E-state index in [1.165, 1.54) is 0 Å². The Balaban J connectivity index is 1.87. The van der Waals surface area contributed by atoms with E-state index in [-0.39, 0.29) is 0 Å². The van der Waals surface area contributed by atoms with E-state index in [4.69, 9.17) is 4.74 Å². The summed E-state index contributed by atoms with van der Waals surface area (Å²) in [4.78, 5) is 14.2. The van der Waals surface area contributed by atoms with E-state index in [9.17, 15) is 10.1 Å². The summed E-state index contributed by atoms with van der Waals surface area (Å²) < 4.78 is 7.03. The third-order valence-electron chi connectivity index (χ3n) is 3.07. The molecule has 0 amide bonds. The quantitative estimate of drug-likeness (QED) is 0.418. The molecule has 0 saturated heterocycles. The molecule has 8 nitrogen and oxygen atoms in total. The predicted octanol–water partition coefficient (Wildman–Crippen LogP) is 2.06. The van der Waals surface area contributed by atoms with Crippen LogP contribution in [-0.2, 0) is 6.54 Å². The zero-order chi connectivity index (χ0) is 16.5. The highest BCUT2D eigenvalue weighted by Gasteiger charge is 2.04. The van der Waals surface area contributed by atoms with Crippen LogP contribution in [0.4, 0.5) is 5.69 Å². The molecular weight excluding hydrogens is 298 g/mol. The summed E-state index contributed by atoms with van der Waals surface area (Å²) in [5.74, 6) is 1.06. The maximum absolute atomic E-state index is 10.7. The molecule has 1 aromatic heterocycles. The first kappa shape index (κ1) is 16.3. The molecule has 0 aliphatic rings. The van der Waals surface area contributed by atoms with Crippen LogP contribution in [0.3, 0.4) is 0 Å². The summed E-state index contributed by atoms with van der Waals surface area (Å²) >= 11 is 0. The molecule has 2 N–H and O–H groups in total. The van der Waals surface area contributed by atoms with Crippen molar-refractivity contribution in [3.8, 4) is 5.75 Å². The van der Waals surface area contributed by atoms with E-state index in [0.717, 1.165) is 30.6 Å². The lowest BCUT2D eigenvalue weighted by Gasteiger charge is -2.12. The smallest absolute Gasteiger partial charge is 0.274 e. The fourth-order valence-electron chi connectivity index (χ4n) is 1.96. The maximum atomic E-state index is 10.7. The van der Waals surface area contributed by atoms with Crippen molar-refractivity contribution in [3.05, 3.63) is 65.1 Å². The number of hydrogen-bond donors (Lipinski definition) is 2. The number of nitrogens with one attached hydrogen (secondary N) is 2. The van der Waals surface area contributed by atoms with Crippen molar-refractivity contribution in [2.75, 3.05) is 19.0 Å². The van der Waals surface area contributed by atoms with E-state index in [1.54, 1.807) is 43.9 Å². The molecule has 0 spiro atoms. The van der Waals surface area contributed by atoms with Crippen molar-refractivity contribution in [1.82, 2.24) is 14.9 Å². The molecule has 122 valence electrons. The zero-order valence-corrected chi connectivity index (χ0v) is 12.8. The van der Waals surface area contributed by atoms with Gasteiger partial charge >= 0.3 is 0 Å². The summed E-state index contributed by atoms with van der Waals surface area (Å²) in [6.45, 7) is 1.39. The van der Waals surface area contributed by atoms with Crippen molar-refractivity contribution >= 4 is 5.69 Å². The SMILES string of the molecule is COc1ccc(NC(=C[N+](=O)[O-])NCCCn2ccnc2)cc1. The molecule has 0 atom stereocenters. The number of imidazole rings is 1. The number of rotatable bonds is 9. The molecular formula is C15H19N5O3.